The third-order valence-electron chi connectivity index (χ3n) is 3.66. The Morgan fingerprint density at radius 3 is 2.94 bits per heavy atom. The molecular weight excluding hydrogens is 220 g/mol. The molecule has 2 aliphatic rings. The summed E-state index contributed by atoms with van der Waals surface area (Å²) in [5, 5.41) is 3.25. The number of carbonyl (C=O) groups excluding carboxylic acids is 1. The molecule has 98 valence electrons. The lowest BCUT2D eigenvalue weighted by atomic mass is 9.98. The smallest absolute Gasteiger partial charge is 0.324 e. The van der Waals surface area contributed by atoms with E-state index in [1.807, 2.05) is 0 Å². The van der Waals surface area contributed by atoms with Crippen LogP contribution in [0.3, 0.4) is 0 Å². The summed E-state index contributed by atoms with van der Waals surface area (Å²) in [6, 6.07) is -0.114. The van der Waals surface area contributed by atoms with Gasteiger partial charge in [0.15, 0.2) is 0 Å². The standard InChI is InChI=1S/C12H22N2O3/c1-16-12(15)11-8-13-4-5-14(11)9-10-2-6-17-7-3-10/h10-11,13H,2-9H2,1H3/t11-/m0/s1. The first-order valence-electron chi connectivity index (χ1n) is 6.41. The zero-order chi connectivity index (χ0) is 12.1. The molecule has 5 heteroatoms. The zero-order valence-electron chi connectivity index (χ0n) is 10.5. The molecule has 0 radical (unpaired) electrons. The van der Waals surface area contributed by atoms with Crippen LogP contribution in [-0.2, 0) is 14.3 Å². The average molecular weight is 242 g/mol. The Bertz CT molecular complexity index is 254. The fraction of sp³-hybridized carbons (Fsp3) is 0.917. The fourth-order valence-electron chi connectivity index (χ4n) is 2.59. The molecule has 0 aromatic rings. The Hall–Kier alpha value is -0.650. The maximum Gasteiger partial charge on any atom is 0.324 e. The number of carbonyl (C=O) groups is 1. The van der Waals surface area contributed by atoms with Crippen LogP contribution >= 0.6 is 0 Å². The third-order valence-corrected chi connectivity index (χ3v) is 3.66. The van der Waals surface area contributed by atoms with Gasteiger partial charge < -0.3 is 14.8 Å². The number of hydrogen-bond donors (Lipinski definition) is 1. The summed E-state index contributed by atoms with van der Waals surface area (Å²) in [4.78, 5) is 14.0. The largest absolute Gasteiger partial charge is 0.468 e. The van der Waals surface area contributed by atoms with Gasteiger partial charge in [-0.05, 0) is 18.8 Å². The normalized spacial score (nSPS) is 27.9. The van der Waals surface area contributed by atoms with E-state index in [1.54, 1.807) is 0 Å². The van der Waals surface area contributed by atoms with Gasteiger partial charge in [-0.2, -0.15) is 0 Å². The number of methoxy groups -OCH3 is 1. The Labute approximate surface area is 102 Å². The molecule has 17 heavy (non-hydrogen) atoms. The van der Waals surface area contributed by atoms with Gasteiger partial charge in [-0.15, -0.1) is 0 Å². The van der Waals surface area contributed by atoms with Crippen LogP contribution in [0.2, 0.25) is 0 Å². The molecule has 0 unspecified atom stereocenters. The lowest BCUT2D eigenvalue weighted by molar-refractivity contribution is -0.148. The van der Waals surface area contributed by atoms with E-state index in [4.69, 9.17) is 9.47 Å². The summed E-state index contributed by atoms with van der Waals surface area (Å²) in [7, 11) is 1.46. The third kappa shape index (κ3) is 3.40. The van der Waals surface area contributed by atoms with E-state index in [9.17, 15) is 4.79 Å². The van der Waals surface area contributed by atoms with Gasteiger partial charge in [0, 0.05) is 39.4 Å². The van der Waals surface area contributed by atoms with Crippen molar-refractivity contribution >= 4 is 5.97 Å². The van der Waals surface area contributed by atoms with Crippen LogP contribution in [-0.4, -0.2) is 63.4 Å². The average Bonchev–Trinajstić information content (AvgIpc) is 2.40. The number of nitrogens with zero attached hydrogens (tertiary/aromatic N) is 1. The summed E-state index contributed by atoms with van der Waals surface area (Å²) < 4.78 is 10.2. The van der Waals surface area contributed by atoms with Crippen molar-refractivity contribution in [3.05, 3.63) is 0 Å². The van der Waals surface area contributed by atoms with Crippen molar-refractivity contribution in [2.45, 2.75) is 18.9 Å². The molecule has 5 nitrogen and oxygen atoms in total. The van der Waals surface area contributed by atoms with Crippen molar-refractivity contribution in [1.82, 2.24) is 10.2 Å². The maximum atomic E-state index is 11.7. The van der Waals surface area contributed by atoms with Crippen LogP contribution in [0.4, 0.5) is 0 Å². The van der Waals surface area contributed by atoms with Crippen LogP contribution in [0.5, 0.6) is 0 Å². The molecule has 0 amide bonds. The molecule has 2 fully saturated rings. The number of nitrogens with one attached hydrogen (secondary N) is 1. The van der Waals surface area contributed by atoms with Crippen molar-refractivity contribution in [2.24, 2.45) is 5.92 Å². The van der Waals surface area contributed by atoms with Crippen molar-refractivity contribution in [1.29, 1.82) is 0 Å². The topological polar surface area (TPSA) is 50.8 Å². The van der Waals surface area contributed by atoms with Crippen LogP contribution < -0.4 is 5.32 Å². The summed E-state index contributed by atoms with van der Waals surface area (Å²) in [5.41, 5.74) is 0. The SMILES string of the molecule is COC(=O)[C@@H]1CNCCN1CC1CCOCC1. The van der Waals surface area contributed by atoms with Crippen LogP contribution in [0.15, 0.2) is 0 Å². The lowest BCUT2D eigenvalue weighted by Gasteiger charge is -2.37. The number of rotatable bonds is 3. The minimum Gasteiger partial charge on any atom is -0.468 e. The van der Waals surface area contributed by atoms with Crippen LogP contribution in [0.25, 0.3) is 0 Å². The first-order valence-corrected chi connectivity index (χ1v) is 6.41. The van der Waals surface area contributed by atoms with E-state index in [2.05, 4.69) is 10.2 Å². The molecular formula is C12H22N2O3. The molecule has 0 saturated carbocycles. The molecule has 0 aliphatic carbocycles. The molecule has 2 heterocycles. The molecule has 0 bridgehead atoms. The molecule has 0 aromatic carbocycles. The molecule has 1 N–H and O–H groups in total. The first kappa shape index (κ1) is 12.8. The number of piperazine rings is 1. The molecule has 2 aliphatic heterocycles. The maximum absolute atomic E-state index is 11.7. The summed E-state index contributed by atoms with van der Waals surface area (Å²) >= 11 is 0. The highest BCUT2D eigenvalue weighted by Crippen LogP contribution is 2.18. The molecule has 1 atom stereocenters. The Balaban J connectivity index is 1.88. The van der Waals surface area contributed by atoms with Gasteiger partial charge in [-0.3, -0.25) is 9.69 Å². The quantitative estimate of drug-likeness (QED) is 0.698. The minimum atomic E-state index is -0.121. The van der Waals surface area contributed by atoms with Crippen molar-refractivity contribution < 1.29 is 14.3 Å². The van der Waals surface area contributed by atoms with E-state index < -0.39 is 0 Å². The Morgan fingerprint density at radius 1 is 1.47 bits per heavy atom. The van der Waals surface area contributed by atoms with Crippen molar-refractivity contribution in [2.75, 3.05) is 46.5 Å². The Morgan fingerprint density at radius 2 is 2.24 bits per heavy atom. The summed E-state index contributed by atoms with van der Waals surface area (Å²) in [5.74, 6) is 0.540. The van der Waals surface area contributed by atoms with Gasteiger partial charge in [-0.25, -0.2) is 0 Å². The predicted molar refractivity (Wildman–Crippen MR) is 63.8 cm³/mol. The van der Waals surface area contributed by atoms with Crippen molar-refractivity contribution in [3.8, 4) is 0 Å². The van der Waals surface area contributed by atoms with Gasteiger partial charge in [0.05, 0.1) is 7.11 Å². The van der Waals surface area contributed by atoms with E-state index in [1.165, 1.54) is 7.11 Å². The molecule has 0 spiro atoms. The van der Waals surface area contributed by atoms with E-state index in [-0.39, 0.29) is 12.0 Å². The molecule has 2 saturated heterocycles. The monoisotopic (exact) mass is 242 g/mol. The number of esters is 1. The first-order chi connectivity index (χ1) is 8.31. The summed E-state index contributed by atoms with van der Waals surface area (Å²) in [6.07, 6.45) is 2.22. The van der Waals surface area contributed by atoms with E-state index in [0.717, 1.165) is 45.7 Å². The minimum absolute atomic E-state index is 0.114. The molecule has 0 aromatic heterocycles. The summed E-state index contributed by atoms with van der Waals surface area (Å²) in [6.45, 7) is 5.30. The zero-order valence-corrected chi connectivity index (χ0v) is 10.5. The predicted octanol–water partition coefficient (Wildman–Crippen LogP) is -0.140. The number of hydrogen-bond acceptors (Lipinski definition) is 5. The van der Waals surface area contributed by atoms with Gasteiger partial charge >= 0.3 is 5.97 Å². The highest BCUT2D eigenvalue weighted by molar-refractivity contribution is 5.76. The lowest BCUT2D eigenvalue weighted by Crippen LogP contribution is -2.56. The highest BCUT2D eigenvalue weighted by atomic mass is 16.5. The van der Waals surface area contributed by atoms with Gasteiger partial charge in [-0.1, -0.05) is 0 Å². The second-order valence-corrected chi connectivity index (χ2v) is 4.79. The van der Waals surface area contributed by atoms with E-state index in [0.29, 0.717) is 12.5 Å². The van der Waals surface area contributed by atoms with Gasteiger partial charge in [0.1, 0.15) is 6.04 Å². The molecule has 2 rings (SSSR count). The number of ether oxygens (including phenoxy) is 2. The second-order valence-electron chi connectivity index (χ2n) is 4.79. The van der Waals surface area contributed by atoms with Crippen LogP contribution in [0, 0.1) is 5.92 Å². The second kappa shape index (κ2) is 6.33. The van der Waals surface area contributed by atoms with E-state index >= 15 is 0 Å². The highest BCUT2D eigenvalue weighted by Gasteiger charge is 2.31. The Kier molecular flexibility index (Phi) is 4.76. The van der Waals surface area contributed by atoms with Gasteiger partial charge in [0.2, 0.25) is 0 Å². The van der Waals surface area contributed by atoms with Crippen LogP contribution in [0.1, 0.15) is 12.8 Å². The fourth-order valence-corrected chi connectivity index (χ4v) is 2.59. The van der Waals surface area contributed by atoms with Gasteiger partial charge in [0.25, 0.3) is 0 Å². The van der Waals surface area contributed by atoms with Crippen molar-refractivity contribution in [3.63, 3.8) is 0 Å².